The van der Waals surface area contributed by atoms with E-state index in [1.165, 1.54) is 12.8 Å². The van der Waals surface area contributed by atoms with E-state index in [0.29, 0.717) is 5.82 Å². The Labute approximate surface area is 174 Å². The Morgan fingerprint density at radius 2 is 1.97 bits per heavy atom. The smallest absolute Gasteiger partial charge is 0.228 e. The molecule has 0 aliphatic carbocycles. The fourth-order valence-corrected chi connectivity index (χ4v) is 3.88. The molecule has 1 aromatic carbocycles. The lowest BCUT2D eigenvalue weighted by molar-refractivity contribution is -0.119. The summed E-state index contributed by atoms with van der Waals surface area (Å²) in [7, 11) is 0. The molecule has 2 heterocycles. The number of imidazole rings is 1. The Bertz CT molecular complexity index is 836. The molecule has 2 atom stereocenters. The summed E-state index contributed by atoms with van der Waals surface area (Å²) in [5.41, 5.74) is 1.74. The van der Waals surface area contributed by atoms with Gasteiger partial charge >= 0.3 is 0 Å². The number of aromatic nitrogens is 2. The van der Waals surface area contributed by atoms with Gasteiger partial charge < -0.3 is 14.8 Å². The second-order valence-corrected chi connectivity index (χ2v) is 8.52. The first-order valence-corrected chi connectivity index (χ1v) is 10.7. The van der Waals surface area contributed by atoms with Crippen LogP contribution in [0.4, 0.5) is 5.82 Å². The number of benzene rings is 1. The number of likely N-dealkylation sites (tertiary alicyclic amines) is 1. The molecule has 156 valence electrons. The Morgan fingerprint density at radius 3 is 2.59 bits per heavy atom. The van der Waals surface area contributed by atoms with Crippen LogP contribution < -0.4 is 5.32 Å². The molecule has 0 saturated carbocycles. The van der Waals surface area contributed by atoms with Gasteiger partial charge in [-0.15, -0.1) is 0 Å². The second-order valence-electron chi connectivity index (χ2n) is 8.52. The SMILES string of the molecule is C=C(N1CCC(C)CC1)C(C)(c1ccccc1)n1cnc(NC(=O)C(C)CC)c1. The monoisotopic (exact) mass is 394 g/mol. The van der Waals surface area contributed by atoms with Crippen molar-refractivity contribution in [2.75, 3.05) is 18.4 Å². The normalized spacial score (nSPS) is 18.1. The summed E-state index contributed by atoms with van der Waals surface area (Å²) in [5, 5.41) is 2.95. The number of amides is 1. The van der Waals surface area contributed by atoms with Crippen LogP contribution in [-0.4, -0.2) is 33.4 Å². The maximum Gasteiger partial charge on any atom is 0.228 e. The zero-order valence-electron chi connectivity index (χ0n) is 18.2. The van der Waals surface area contributed by atoms with Crippen LogP contribution in [-0.2, 0) is 10.3 Å². The molecule has 1 aromatic heterocycles. The Hall–Kier alpha value is -2.56. The third-order valence-corrected chi connectivity index (χ3v) is 6.47. The van der Waals surface area contributed by atoms with Crippen molar-refractivity contribution in [3.05, 3.63) is 60.7 Å². The number of hydrogen-bond donors (Lipinski definition) is 1. The van der Waals surface area contributed by atoms with E-state index in [0.717, 1.165) is 36.7 Å². The fraction of sp³-hybridized carbons (Fsp3) is 0.500. The highest BCUT2D eigenvalue weighted by Crippen LogP contribution is 2.37. The summed E-state index contributed by atoms with van der Waals surface area (Å²) in [6.45, 7) is 15.0. The number of rotatable bonds is 7. The Balaban J connectivity index is 1.93. The topological polar surface area (TPSA) is 50.2 Å². The summed E-state index contributed by atoms with van der Waals surface area (Å²) in [5.74, 6) is 1.31. The molecule has 5 nitrogen and oxygen atoms in total. The number of piperidine rings is 1. The molecule has 0 spiro atoms. The molecule has 5 heteroatoms. The van der Waals surface area contributed by atoms with Crippen molar-refractivity contribution in [2.24, 2.45) is 11.8 Å². The van der Waals surface area contributed by atoms with Crippen molar-refractivity contribution in [1.82, 2.24) is 14.5 Å². The minimum Gasteiger partial charge on any atom is -0.373 e. The average molecular weight is 395 g/mol. The van der Waals surface area contributed by atoms with Gasteiger partial charge in [-0.25, -0.2) is 4.98 Å². The van der Waals surface area contributed by atoms with E-state index in [2.05, 4.69) is 64.5 Å². The summed E-state index contributed by atoms with van der Waals surface area (Å²) in [6, 6.07) is 10.4. The lowest BCUT2D eigenvalue weighted by Crippen LogP contribution is -2.43. The van der Waals surface area contributed by atoms with Crippen molar-refractivity contribution in [3.63, 3.8) is 0 Å². The number of nitrogens with one attached hydrogen (secondary N) is 1. The van der Waals surface area contributed by atoms with Crippen LogP contribution in [0.15, 0.2) is 55.1 Å². The number of nitrogens with zero attached hydrogens (tertiary/aromatic N) is 3. The van der Waals surface area contributed by atoms with Crippen LogP contribution in [0.3, 0.4) is 0 Å². The number of anilines is 1. The number of hydrogen-bond acceptors (Lipinski definition) is 3. The largest absolute Gasteiger partial charge is 0.373 e. The van der Waals surface area contributed by atoms with Gasteiger partial charge in [0.2, 0.25) is 5.91 Å². The zero-order valence-corrected chi connectivity index (χ0v) is 18.2. The highest BCUT2D eigenvalue weighted by Gasteiger charge is 2.36. The minimum absolute atomic E-state index is 0.00279. The predicted octanol–water partition coefficient (Wildman–Crippen LogP) is 4.88. The van der Waals surface area contributed by atoms with Gasteiger partial charge in [-0.1, -0.05) is 57.7 Å². The van der Waals surface area contributed by atoms with Gasteiger partial charge in [-0.3, -0.25) is 4.79 Å². The molecule has 3 rings (SSSR count). The lowest BCUT2D eigenvalue weighted by atomic mass is 9.86. The maximum absolute atomic E-state index is 12.3. The molecule has 1 aliphatic heterocycles. The number of allylic oxidation sites excluding steroid dienone is 1. The quantitative estimate of drug-likeness (QED) is 0.728. The molecule has 2 unspecified atom stereocenters. The van der Waals surface area contributed by atoms with Gasteiger partial charge in [0.05, 0.1) is 6.33 Å². The maximum atomic E-state index is 12.3. The first kappa shape index (κ1) is 21.2. The average Bonchev–Trinajstić information content (AvgIpc) is 3.22. The second kappa shape index (κ2) is 8.85. The van der Waals surface area contributed by atoms with Crippen molar-refractivity contribution in [3.8, 4) is 0 Å². The molecule has 2 aromatic rings. The minimum atomic E-state index is -0.478. The van der Waals surface area contributed by atoms with Gasteiger partial charge in [-0.05, 0) is 37.7 Å². The fourth-order valence-electron chi connectivity index (χ4n) is 3.88. The van der Waals surface area contributed by atoms with E-state index < -0.39 is 5.54 Å². The Morgan fingerprint density at radius 1 is 1.31 bits per heavy atom. The van der Waals surface area contributed by atoms with Crippen molar-refractivity contribution in [1.29, 1.82) is 0 Å². The van der Waals surface area contributed by atoms with Gasteiger partial charge in [-0.2, -0.15) is 0 Å². The molecule has 1 saturated heterocycles. The molecule has 29 heavy (non-hydrogen) atoms. The summed E-state index contributed by atoms with van der Waals surface area (Å²) >= 11 is 0. The van der Waals surface area contributed by atoms with Crippen LogP contribution in [0.25, 0.3) is 0 Å². The van der Waals surface area contributed by atoms with E-state index in [-0.39, 0.29) is 11.8 Å². The predicted molar refractivity (Wildman–Crippen MR) is 119 cm³/mol. The van der Waals surface area contributed by atoms with Crippen LogP contribution in [0.1, 0.15) is 52.5 Å². The van der Waals surface area contributed by atoms with Crippen molar-refractivity contribution >= 4 is 11.7 Å². The van der Waals surface area contributed by atoms with Crippen molar-refractivity contribution in [2.45, 2.75) is 52.5 Å². The van der Waals surface area contributed by atoms with Gasteiger partial charge in [0.15, 0.2) is 5.82 Å². The third-order valence-electron chi connectivity index (χ3n) is 6.47. The first-order chi connectivity index (χ1) is 13.9. The highest BCUT2D eigenvalue weighted by atomic mass is 16.1. The molecule has 1 aliphatic rings. The first-order valence-electron chi connectivity index (χ1n) is 10.7. The summed E-state index contributed by atoms with van der Waals surface area (Å²) < 4.78 is 2.08. The van der Waals surface area contributed by atoms with Gasteiger partial charge in [0.1, 0.15) is 5.54 Å². The summed E-state index contributed by atoms with van der Waals surface area (Å²) in [6.07, 6.45) is 6.90. The third kappa shape index (κ3) is 4.39. The van der Waals surface area contributed by atoms with E-state index in [1.54, 1.807) is 6.33 Å². The molecular weight excluding hydrogens is 360 g/mol. The Kier molecular flexibility index (Phi) is 6.46. The van der Waals surface area contributed by atoms with E-state index in [1.807, 2.05) is 26.1 Å². The molecular formula is C24H34N4O. The van der Waals surface area contributed by atoms with Crippen LogP contribution >= 0.6 is 0 Å². The summed E-state index contributed by atoms with van der Waals surface area (Å²) in [4.78, 5) is 19.2. The lowest BCUT2D eigenvalue weighted by Gasteiger charge is -2.43. The van der Waals surface area contributed by atoms with Gasteiger partial charge in [0.25, 0.3) is 0 Å². The molecule has 1 fully saturated rings. The van der Waals surface area contributed by atoms with E-state index in [4.69, 9.17) is 0 Å². The number of carbonyl (C=O) groups excluding carboxylic acids is 1. The van der Waals surface area contributed by atoms with Gasteiger partial charge in [0, 0.05) is 30.9 Å². The van der Waals surface area contributed by atoms with Crippen LogP contribution in [0.5, 0.6) is 0 Å². The zero-order chi connectivity index (χ0) is 21.0. The molecule has 1 N–H and O–H groups in total. The molecule has 0 bridgehead atoms. The molecule has 0 radical (unpaired) electrons. The number of carbonyl (C=O) groups is 1. The van der Waals surface area contributed by atoms with E-state index in [9.17, 15) is 4.79 Å². The highest BCUT2D eigenvalue weighted by molar-refractivity contribution is 5.91. The standard InChI is InChI=1S/C24H34N4O/c1-6-19(3)23(29)26-22-16-28(17-25-22)24(5,21-10-8-7-9-11-21)20(4)27-14-12-18(2)13-15-27/h7-11,16-19H,4,6,12-15H2,1-3,5H3,(H,26,29). The van der Waals surface area contributed by atoms with Crippen molar-refractivity contribution < 1.29 is 4.79 Å². The molecule has 1 amide bonds. The van der Waals surface area contributed by atoms with Crippen LogP contribution in [0.2, 0.25) is 0 Å². The van der Waals surface area contributed by atoms with E-state index >= 15 is 0 Å². The van der Waals surface area contributed by atoms with Crippen LogP contribution in [0, 0.1) is 11.8 Å².